The summed E-state index contributed by atoms with van der Waals surface area (Å²) in [5.41, 5.74) is 0. The molecule has 10 heavy (non-hydrogen) atoms. The first-order valence-electron chi connectivity index (χ1n) is 3.80. The van der Waals surface area contributed by atoms with Crippen LogP contribution in [0.25, 0.3) is 0 Å². The summed E-state index contributed by atoms with van der Waals surface area (Å²) in [6, 6.07) is 0. The molecule has 1 aliphatic heterocycles. The van der Waals surface area contributed by atoms with Crippen molar-refractivity contribution in [2.24, 2.45) is 0 Å². The second-order valence-electron chi connectivity index (χ2n) is 2.50. The van der Waals surface area contributed by atoms with Gasteiger partial charge in [-0.1, -0.05) is 6.92 Å². The summed E-state index contributed by atoms with van der Waals surface area (Å²) < 4.78 is 16.6. The minimum Gasteiger partial charge on any atom is -0.332 e. The predicted octanol–water partition coefficient (Wildman–Crippen LogP) is 1.37. The fourth-order valence-corrected chi connectivity index (χ4v) is 1.42. The van der Waals surface area contributed by atoms with Crippen LogP contribution >= 0.6 is 0 Å². The first kappa shape index (κ1) is 7.95. The Labute approximate surface area is 61.0 Å². The van der Waals surface area contributed by atoms with E-state index in [1.54, 1.807) is 0 Å². The van der Waals surface area contributed by atoms with Crippen molar-refractivity contribution in [2.45, 2.75) is 26.0 Å². The lowest BCUT2D eigenvalue weighted by Crippen LogP contribution is -2.31. The van der Waals surface area contributed by atoms with Crippen molar-refractivity contribution < 1.29 is 9.13 Å². The van der Waals surface area contributed by atoms with Gasteiger partial charge in [0, 0.05) is 6.54 Å². The third-order valence-electron chi connectivity index (χ3n) is 1.97. The quantitative estimate of drug-likeness (QED) is 0.597. The van der Waals surface area contributed by atoms with Gasteiger partial charge in [0.05, 0.1) is 0 Å². The molecule has 0 radical (unpaired) electrons. The van der Waals surface area contributed by atoms with Gasteiger partial charge in [-0.15, -0.1) is 0 Å². The van der Waals surface area contributed by atoms with Gasteiger partial charge >= 0.3 is 0 Å². The molecule has 2 nitrogen and oxygen atoms in total. The zero-order valence-electron chi connectivity index (χ0n) is 6.35. The Balaban J connectivity index is 2.27. The van der Waals surface area contributed by atoms with E-state index in [2.05, 4.69) is 11.8 Å². The molecule has 0 bridgehead atoms. The van der Waals surface area contributed by atoms with Gasteiger partial charge in [-0.25, -0.2) is 4.39 Å². The van der Waals surface area contributed by atoms with Gasteiger partial charge < -0.3 is 4.74 Å². The van der Waals surface area contributed by atoms with Crippen LogP contribution in [0.5, 0.6) is 0 Å². The Morgan fingerprint density at radius 2 is 2.50 bits per heavy atom. The molecule has 1 unspecified atom stereocenters. The number of ether oxygens (including phenoxy) is 1. The topological polar surface area (TPSA) is 12.5 Å². The van der Waals surface area contributed by atoms with Gasteiger partial charge in [-0.05, 0) is 19.4 Å². The maximum Gasteiger partial charge on any atom is 0.190 e. The molecule has 0 saturated carbocycles. The van der Waals surface area contributed by atoms with Gasteiger partial charge in [-0.2, -0.15) is 0 Å². The third kappa shape index (κ3) is 1.67. The van der Waals surface area contributed by atoms with Crippen LogP contribution in [0.3, 0.4) is 0 Å². The summed E-state index contributed by atoms with van der Waals surface area (Å²) in [6.45, 7) is 3.44. The van der Waals surface area contributed by atoms with Gasteiger partial charge in [0.15, 0.2) is 6.86 Å². The van der Waals surface area contributed by atoms with Crippen LogP contribution in [0.15, 0.2) is 0 Å². The number of rotatable bonds is 3. The van der Waals surface area contributed by atoms with Crippen molar-refractivity contribution in [1.82, 2.24) is 4.90 Å². The SMILES string of the molecule is CCN1CCCC1OCF. The Kier molecular flexibility index (Phi) is 3.09. The second-order valence-corrected chi connectivity index (χ2v) is 2.50. The molecule has 0 aromatic rings. The first-order chi connectivity index (χ1) is 4.88. The number of alkyl halides is 1. The maximum atomic E-state index is 11.7. The Bertz CT molecular complexity index is 99.6. The molecule has 0 aromatic carbocycles. The molecule has 1 atom stereocenters. The zero-order chi connectivity index (χ0) is 7.40. The summed E-state index contributed by atoms with van der Waals surface area (Å²) in [5.74, 6) is 0. The highest BCUT2D eigenvalue weighted by Gasteiger charge is 2.22. The minimum atomic E-state index is -0.652. The maximum absolute atomic E-state index is 11.7. The smallest absolute Gasteiger partial charge is 0.190 e. The summed E-state index contributed by atoms with van der Waals surface area (Å²) in [4.78, 5) is 2.15. The van der Waals surface area contributed by atoms with Crippen LogP contribution in [0.1, 0.15) is 19.8 Å². The van der Waals surface area contributed by atoms with Crippen LogP contribution in [0.2, 0.25) is 0 Å². The fraction of sp³-hybridized carbons (Fsp3) is 1.00. The van der Waals surface area contributed by atoms with E-state index in [0.29, 0.717) is 0 Å². The number of hydrogen-bond donors (Lipinski definition) is 0. The van der Waals surface area contributed by atoms with Crippen molar-refractivity contribution in [3.63, 3.8) is 0 Å². The zero-order valence-corrected chi connectivity index (χ0v) is 6.35. The molecular weight excluding hydrogens is 133 g/mol. The summed E-state index contributed by atoms with van der Waals surface area (Å²) in [6.07, 6.45) is 2.17. The van der Waals surface area contributed by atoms with E-state index in [9.17, 15) is 4.39 Å². The molecule has 1 aliphatic rings. The molecule has 0 amide bonds. The molecule has 1 saturated heterocycles. The van der Waals surface area contributed by atoms with Crippen molar-refractivity contribution in [3.8, 4) is 0 Å². The molecule has 1 heterocycles. The number of nitrogens with zero attached hydrogens (tertiary/aromatic N) is 1. The lowest BCUT2D eigenvalue weighted by atomic mass is 10.4. The molecule has 3 heteroatoms. The predicted molar refractivity (Wildman–Crippen MR) is 37.3 cm³/mol. The molecule has 0 aromatic heterocycles. The number of hydrogen-bond acceptors (Lipinski definition) is 2. The van der Waals surface area contributed by atoms with Gasteiger partial charge in [-0.3, -0.25) is 4.90 Å². The van der Waals surface area contributed by atoms with E-state index in [1.807, 2.05) is 0 Å². The first-order valence-corrected chi connectivity index (χ1v) is 3.80. The van der Waals surface area contributed by atoms with Crippen LogP contribution in [0, 0.1) is 0 Å². The Morgan fingerprint density at radius 3 is 3.10 bits per heavy atom. The number of likely N-dealkylation sites (tertiary alicyclic amines) is 1. The molecule has 0 aliphatic carbocycles. The largest absolute Gasteiger partial charge is 0.332 e. The van der Waals surface area contributed by atoms with Crippen molar-refractivity contribution in [3.05, 3.63) is 0 Å². The second kappa shape index (κ2) is 3.88. The van der Waals surface area contributed by atoms with E-state index in [-0.39, 0.29) is 6.23 Å². The van der Waals surface area contributed by atoms with E-state index >= 15 is 0 Å². The van der Waals surface area contributed by atoms with Crippen LogP contribution in [0.4, 0.5) is 4.39 Å². The van der Waals surface area contributed by atoms with Crippen LogP contribution in [-0.4, -0.2) is 31.1 Å². The standard InChI is InChI=1S/C7H14FNO/c1-2-9-5-3-4-7(9)10-6-8/h7H,2-6H2,1H3. The van der Waals surface area contributed by atoms with Crippen LogP contribution in [-0.2, 0) is 4.74 Å². The fourth-order valence-electron chi connectivity index (χ4n) is 1.42. The highest BCUT2D eigenvalue weighted by atomic mass is 19.1. The minimum absolute atomic E-state index is 0.0509. The number of halogens is 1. The Hall–Kier alpha value is -0.150. The van der Waals surface area contributed by atoms with E-state index < -0.39 is 6.86 Å². The van der Waals surface area contributed by atoms with Crippen molar-refractivity contribution in [2.75, 3.05) is 20.0 Å². The highest BCUT2D eigenvalue weighted by Crippen LogP contribution is 2.17. The molecule has 0 N–H and O–H groups in total. The average molecular weight is 147 g/mol. The Morgan fingerprint density at radius 1 is 1.70 bits per heavy atom. The van der Waals surface area contributed by atoms with E-state index in [1.165, 1.54) is 0 Å². The van der Waals surface area contributed by atoms with Gasteiger partial charge in [0.2, 0.25) is 0 Å². The van der Waals surface area contributed by atoms with E-state index in [4.69, 9.17) is 4.74 Å². The van der Waals surface area contributed by atoms with Gasteiger partial charge in [0.25, 0.3) is 0 Å². The summed E-state index contributed by atoms with van der Waals surface area (Å²) >= 11 is 0. The van der Waals surface area contributed by atoms with Gasteiger partial charge in [0.1, 0.15) is 6.23 Å². The molecule has 60 valence electrons. The van der Waals surface area contributed by atoms with E-state index in [0.717, 1.165) is 25.9 Å². The monoisotopic (exact) mass is 147 g/mol. The average Bonchev–Trinajstić information content (AvgIpc) is 2.36. The summed E-state index contributed by atoms with van der Waals surface area (Å²) in [7, 11) is 0. The van der Waals surface area contributed by atoms with Crippen molar-refractivity contribution >= 4 is 0 Å². The molecule has 1 rings (SSSR count). The molecule has 1 fully saturated rings. The van der Waals surface area contributed by atoms with Crippen molar-refractivity contribution in [1.29, 1.82) is 0 Å². The highest BCUT2D eigenvalue weighted by molar-refractivity contribution is 4.69. The normalized spacial score (nSPS) is 27.6. The molecular formula is C7H14FNO. The third-order valence-corrected chi connectivity index (χ3v) is 1.97. The lowest BCUT2D eigenvalue weighted by molar-refractivity contribution is -0.0703. The summed E-state index contributed by atoms with van der Waals surface area (Å²) in [5, 5.41) is 0. The van der Waals surface area contributed by atoms with Crippen LogP contribution < -0.4 is 0 Å². The lowest BCUT2D eigenvalue weighted by Gasteiger charge is -2.20. The molecule has 0 spiro atoms.